The smallest absolute Gasteiger partial charge is 0.120 e. The monoisotopic (exact) mass is 265 g/mol. The summed E-state index contributed by atoms with van der Waals surface area (Å²) in [6, 6.07) is 8.13. The number of nitrogens with two attached hydrogens (primary N) is 1. The Morgan fingerprint density at radius 2 is 2.05 bits per heavy atom. The summed E-state index contributed by atoms with van der Waals surface area (Å²) in [5, 5.41) is 9.56. The van der Waals surface area contributed by atoms with Gasteiger partial charge in [0.25, 0.3) is 0 Å². The highest BCUT2D eigenvalue weighted by Crippen LogP contribution is 2.22. The first-order valence-corrected chi connectivity index (χ1v) is 6.72. The normalized spacial score (nSPS) is 18.4. The van der Waals surface area contributed by atoms with E-state index in [-0.39, 0.29) is 0 Å². The number of hydrogen-bond donors (Lipinski definition) is 2. The minimum atomic E-state index is -0.414. The van der Waals surface area contributed by atoms with Crippen LogP contribution in [0.2, 0.25) is 0 Å². The molecule has 1 aromatic rings. The molecule has 0 spiro atoms. The molecule has 0 bridgehead atoms. The van der Waals surface area contributed by atoms with Crippen LogP contribution in [0, 0.1) is 0 Å². The van der Waals surface area contributed by atoms with E-state index >= 15 is 0 Å². The molecular weight excluding hydrogens is 242 g/mol. The van der Waals surface area contributed by atoms with Gasteiger partial charge in [0.2, 0.25) is 0 Å². The Bertz CT molecular complexity index is 392. The summed E-state index contributed by atoms with van der Waals surface area (Å²) >= 11 is 0. The van der Waals surface area contributed by atoms with Crippen molar-refractivity contribution in [2.75, 3.05) is 51.3 Å². The third kappa shape index (κ3) is 3.83. The van der Waals surface area contributed by atoms with E-state index in [2.05, 4.69) is 21.9 Å². The van der Waals surface area contributed by atoms with E-state index in [1.54, 1.807) is 7.11 Å². The molecule has 0 amide bonds. The number of anilines is 1. The first kappa shape index (κ1) is 14.1. The molecule has 106 valence electrons. The quantitative estimate of drug-likeness (QED) is 0.793. The molecule has 0 radical (unpaired) electrons. The molecule has 1 fully saturated rings. The molecule has 1 heterocycles. The van der Waals surface area contributed by atoms with Crippen molar-refractivity contribution < 1.29 is 9.84 Å². The Labute approximate surface area is 114 Å². The molecular formula is C14H23N3O2. The Balaban J connectivity index is 1.88. The summed E-state index contributed by atoms with van der Waals surface area (Å²) < 4.78 is 5.25. The number of benzene rings is 1. The molecule has 1 aliphatic rings. The number of methoxy groups -OCH3 is 1. The molecule has 0 aromatic heterocycles. The summed E-state index contributed by atoms with van der Waals surface area (Å²) in [6.45, 7) is 4.83. The van der Waals surface area contributed by atoms with Crippen LogP contribution in [-0.2, 0) is 0 Å². The fourth-order valence-corrected chi connectivity index (χ4v) is 2.37. The van der Waals surface area contributed by atoms with Crippen LogP contribution >= 0.6 is 0 Å². The Morgan fingerprint density at radius 3 is 2.68 bits per heavy atom. The highest BCUT2D eigenvalue weighted by Gasteiger charge is 2.19. The van der Waals surface area contributed by atoms with Crippen LogP contribution in [0.3, 0.4) is 0 Å². The number of aliphatic hydroxyl groups is 1. The van der Waals surface area contributed by atoms with Gasteiger partial charge in [-0.25, -0.2) is 0 Å². The van der Waals surface area contributed by atoms with E-state index in [0.29, 0.717) is 13.1 Å². The van der Waals surface area contributed by atoms with Crippen molar-refractivity contribution >= 4 is 5.69 Å². The van der Waals surface area contributed by atoms with Gasteiger partial charge in [0.1, 0.15) is 5.75 Å². The van der Waals surface area contributed by atoms with Gasteiger partial charge in [-0.3, -0.25) is 4.90 Å². The van der Waals surface area contributed by atoms with Gasteiger partial charge in [-0.2, -0.15) is 0 Å². The number of nitrogens with zero attached hydrogens (tertiary/aromatic N) is 2. The standard InChI is InChI=1S/C14H23N3O2/c1-19-14-4-2-3-12(9-14)17-7-5-16(6-8-17)11-13(18)10-15/h2-4,9,13,18H,5-8,10-11,15H2,1H3. The average Bonchev–Trinajstić information content (AvgIpc) is 2.48. The highest BCUT2D eigenvalue weighted by atomic mass is 16.5. The van der Waals surface area contributed by atoms with E-state index in [0.717, 1.165) is 31.9 Å². The van der Waals surface area contributed by atoms with Crippen LogP contribution in [0.15, 0.2) is 24.3 Å². The number of ether oxygens (including phenoxy) is 1. The largest absolute Gasteiger partial charge is 0.497 e. The van der Waals surface area contributed by atoms with Gasteiger partial charge in [-0.1, -0.05) is 6.07 Å². The fraction of sp³-hybridized carbons (Fsp3) is 0.571. The molecule has 1 aliphatic heterocycles. The molecule has 0 saturated carbocycles. The second kappa shape index (κ2) is 6.75. The van der Waals surface area contributed by atoms with E-state index in [4.69, 9.17) is 10.5 Å². The van der Waals surface area contributed by atoms with Gasteiger partial charge >= 0.3 is 0 Å². The van der Waals surface area contributed by atoms with Crippen LogP contribution in [0.4, 0.5) is 5.69 Å². The molecule has 1 unspecified atom stereocenters. The third-order valence-corrected chi connectivity index (χ3v) is 3.53. The lowest BCUT2D eigenvalue weighted by atomic mass is 10.2. The summed E-state index contributed by atoms with van der Waals surface area (Å²) in [6.07, 6.45) is -0.414. The lowest BCUT2D eigenvalue weighted by Gasteiger charge is -2.36. The maximum absolute atomic E-state index is 9.56. The van der Waals surface area contributed by atoms with E-state index in [9.17, 15) is 5.11 Å². The molecule has 5 nitrogen and oxygen atoms in total. The summed E-state index contributed by atoms with van der Waals surface area (Å²) in [5.74, 6) is 0.887. The van der Waals surface area contributed by atoms with Crippen molar-refractivity contribution in [3.8, 4) is 5.75 Å². The summed E-state index contributed by atoms with van der Waals surface area (Å²) in [7, 11) is 1.69. The van der Waals surface area contributed by atoms with Crippen molar-refractivity contribution in [1.29, 1.82) is 0 Å². The van der Waals surface area contributed by atoms with Crippen LogP contribution in [0.1, 0.15) is 0 Å². The molecule has 2 rings (SSSR count). The topological polar surface area (TPSA) is 62.0 Å². The van der Waals surface area contributed by atoms with Crippen LogP contribution in [-0.4, -0.2) is 62.5 Å². The maximum atomic E-state index is 9.56. The van der Waals surface area contributed by atoms with E-state index < -0.39 is 6.10 Å². The van der Waals surface area contributed by atoms with Gasteiger partial charge < -0.3 is 20.5 Å². The lowest BCUT2D eigenvalue weighted by molar-refractivity contribution is 0.115. The minimum absolute atomic E-state index is 0.329. The molecule has 1 saturated heterocycles. The Morgan fingerprint density at radius 1 is 1.32 bits per heavy atom. The average molecular weight is 265 g/mol. The number of hydrogen-bond acceptors (Lipinski definition) is 5. The number of aliphatic hydroxyl groups excluding tert-OH is 1. The van der Waals surface area contributed by atoms with Crippen molar-refractivity contribution in [2.24, 2.45) is 5.73 Å². The van der Waals surface area contributed by atoms with Crippen molar-refractivity contribution in [2.45, 2.75) is 6.10 Å². The number of β-amino-alcohol motifs (C(OH)–C–C–N with tert-alkyl or cyclic N) is 1. The van der Waals surface area contributed by atoms with Gasteiger partial charge in [0.15, 0.2) is 0 Å². The molecule has 1 aromatic carbocycles. The first-order valence-electron chi connectivity index (χ1n) is 6.72. The van der Waals surface area contributed by atoms with Gasteiger partial charge in [0.05, 0.1) is 13.2 Å². The zero-order valence-electron chi connectivity index (χ0n) is 11.5. The summed E-state index contributed by atoms with van der Waals surface area (Å²) in [5.41, 5.74) is 6.63. The number of piperazine rings is 1. The SMILES string of the molecule is COc1cccc(N2CCN(CC(O)CN)CC2)c1. The van der Waals surface area contributed by atoms with Gasteiger partial charge in [-0.05, 0) is 12.1 Å². The fourth-order valence-electron chi connectivity index (χ4n) is 2.37. The zero-order chi connectivity index (χ0) is 13.7. The predicted molar refractivity (Wildman–Crippen MR) is 76.7 cm³/mol. The second-order valence-corrected chi connectivity index (χ2v) is 4.88. The second-order valence-electron chi connectivity index (χ2n) is 4.88. The molecule has 3 N–H and O–H groups in total. The Hall–Kier alpha value is -1.30. The van der Waals surface area contributed by atoms with Gasteiger partial charge in [0, 0.05) is 51.0 Å². The van der Waals surface area contributed by atoms with Gasteiger partial charge in [-0.15, -0.1) is 0 Å². The van der Waals surface area contributed by atoms with E-state index in [1.807, 2.05) is 12.1 Å². The minimum Gasteiger partial charge on any atom is -0.497 e. The lowest BCUT2D eigenvalue weighted by Crippen LogP contribution is -2.49. The third-order valence-electron chi connectivity index (χ3n) is 3.53. The van der Waals surface area contributed by atoms with Crippen LogP contribution in [0.5, 0.6) is 5.75 Å². The predicted octanol–water partition coefficient (Wildman–Crippen LogP) is 0.137. The van der Waals surface area contributed by atoms with Crippen LogP contribution in [0.25, 0.3) is 0 Å². The van der Waals surface area contributed by atoms with Crippen molar-refractivity contribution in [1.82, 2.24) is 4.90 Å². The summed E-state index contributed by atoms with van der Waals surface area (Å²) in [4.78, 5) is 4.60. The highest BCUT2D eigenvalue weighted by molar-refractivity contribution is 5.51. The van der Waals surface area contributed by atoms with Crippen molar-refractivity contribution in [3.05, 3.63) is 24.3 Å². The molecule has 0 aliphatic carbocycles. The molecule has 19 heavy (non-hydrogen) atoms. The van der Waals surface area contributed by atoms with Crippen molar-refractivity contribution in [3.63, 3.8) is 0 Å². The van der Waals surface area contributed by atoms with Crippen LogP contribution < -0.4 is 15.4 Å². The maximum Gasteiger partial charge on any atom is 0.120 e. The Kier molecular flexibility index (Phi) is 5.01. The molecule has 5 heteroatoms. The number of rotatable bonds is 5. The first-order chi connectivity index (χ1) is 9.22. The zero-order valence-corrected chi connectivity index (χ0v) is 11.5. The van der Waals surface area contributed by atoms with E-state index in [1.165, 1.54) is 5.69 Å². The molecule has 1 atom stereocenters.